The number of thioether (sulfide) groups is 1. The minimum atomic E-state index is -1.72. The van der Waals surface area contributed by atoms with Gasteiger partial charge in [0.15, 0.2) is 0 Å². The van der Waals surface area contributed by atoms with E-state index in [-0.39, 0.29) is 53.0 Å². The number of hydrogen-bond acceptors (Lipinski definition) is 8. The Labute approximate surface area is 179 Å². The van der Waals surface area contributed by atoms with Gasteiger partial charge in [0.2, 0.25) is 0 Å². The number of aliphatic imine (C=N–C) groups is 1. The van der Waals surface area contributed by atoms with Crippen LogP contribution in [-0.4, -0.2) is 63.5 Å². The molecule has 0 bridgehead atoms. The Balaban J connectivity index is 0.00000243. The van der Waals surface area contributed by atoms with Crippen LogP contribution >= 0.6 is 23.1 Å². The molecule has 0 unspecified atom stereocenters. The van der Waals surface area contributed by atoms with E-state index in [0.29, 0.717) is 0 Å². The van der Waals surface area contributed by atoms with Gasteiger partial charge < -0.3 is 20.1 Å². The molecule has 0 aliphatic carbocycles. The molecule has 3 heterocycles. The number of aliphatic hydroxyl groups is 1. The molecule has 0 saturated carbocycles. The van der Waals surface area contributed by atoms with Gasteiger partial charge in [-0.1, -0.05) is 6.07 Å². The predicted octanol–water partition coefficient (Wildman–Crippen LogP) is -3.36. The fourth-order valence-corrected chi connectivity index (χ4v) is 4.93. The summed E-state index contributed by atoms with van der Waals surface area (Å²) in [7, 11) is 1.27. The number of amides is 1. The number of carboxylic acids is 1. The third-order valence-electron chi connectivity index (χ3n) is 3.99. The largest absolute Gasteiger partial charge is 1.00 e. The van der Waals surface area contributed by atoms with Crippen LogP contribution in [0, 0.1) is 0 Å². The number of nitrogens with zero attached hydrogens (tertiary/aromatic N) is 2. The van der Waals surface area contributed by atoms with Crippen LogP contribution in [0.15, 0.2) is 33.8 Å². The summed E-state index contributed by atoms with van der Waals surface area (Å²) < 4.78 is 5.27. The zero-order chi connectivity index (χ0) is 18.2. The number of thiophene rings is 1. The van der Waals surface area contributed by atoms with Crippen molar-refractivity contribution < 1.29 is 59.2 Å². The molecule has 2 atom stereocenters. The average Bonchev–Trinajstić information content (AvgIpc) is 3.10. The number of carbonyl (C=O) groups excluding carboxylic acids is 1. The first-order valence-corrected chi connectivity index (χ1v) is 9.22. The predicted molar refractivity (Wildman–Crippen MR) is 90.0 cm³/mol. The van der Waals surface area contributed by atoms with Crippen molar-refractivity contribution in [1.29, 1.82) is 0 Å². The summed E-state index contributed by atoms with van der Waals surface area (Å²) in [6.07, 6.45) is 0.0525. The molecule has 1 fully saturated rings. The first-order valence-electron chi connectivity index (χ1n) is 7.29. The van der Waals surface area contributed by atoms with Crippen molar-refractivity contribution in [2.45, 2.75) is 17.5 Å². The van der Waals surface area contributed by atoms with Crippen molar-refractivity contribution in [2.24, 2.45) is 4.99 Å². The Hall–Kier alpha value is -0.880. The Morgan fingerprint density at radius 2 is 2.31 bits per heavy atom. The number of carbonyl (C=O) groups is 2. The quantitative estimate of drug-likeness (QED) is 0.219. The van der Waals surface area contributed by atoms with Crippen molar-refractivity contribution in [3.8, 4) is 0 Å². The molecule has 0 aromatic carbocycles. The van der Waals surface area contributed by atoms with Gasteiger partial charge in [-0.25, -0.2) is 4.79 Å². The maximum absolute atomic E-state index is 12.6. The number of β-lactam (4-membered cyclic amide) rings is 1. The summed E-state index contributed by atoms with van der Waals surface area (Å²) in [6.45, 7) is -0.459. The second-order valence-corrected chi connectivity index (χ2v) is 7.52. The normalized spacial score (nSPS) is 25.5. The van der Waals surface area contributed by atoms with Crippen molar-refractivity contribution in [3.05, 3.63) is 33.7 Å². The molecule has 26 heavy (non-hydrogen) atoms. The number of ether oxygens (including phenoxy) is 1. The van der Waals surface area contributed by atoms with Gasteiger partial charge in [-0.05, 0) is 22.9 Å². The minimum Gasteiger partial charge on any atom is -0.862 e. The van der Waals surface area contributed by atoms with Crippen LogP contribution in [-0.2, 0) is 20.7 Å². The number of carboxylic acid groups (broad SMARTS) is 1. The number of fused-ring (bicyclic) bond motifs is 1. The molecular weight excluding hydrogens is 391 g/mol. The van der Waals surface area contributed by atoms with E-state index in [1.165, 1.54) is 30.2 Å². The fraction of sp³-hybridized carbons (Fsp3) is 0.400. The van der Waals surface area contributed by atoms with E-state index in [9.17, 15) is 24.9 Å². The molecule has 2 N–H and O–H groups in total. The van der Waals surface area contributed by atoms with Crippen LogP contribution in [0.25, 0.3) is 0 Å². The Morgan fingerprint density at radius 1 is 1.58 bits per heavy atom. The maximum Gasteiger partial charge on any atom is 1.00 e. The van der Waals surface area contributed by atoms with Crippen molar-refractivity contribution >= 4 is 40.9 Å². The third-order valence-corrected chi connectivity index (χ3v) is 6.22. The molecule has 134 valence electrons. The molecule has 2 aliphatic heterocycles. The Bertz CT molecular complexity index is 766. The molecule has 2 aliphatic rings. The molecule has 1 aromatic rings. The summed E-state index contributed by atoms with van der Waals surface area (Å²) in [4.78, 5) is 29.9. The van der Waals surface area contributed by atoms with Crippen molar-refractivity contribution in [2.75, 3.05) is 19.5 Å². The van der Waals surface area contributed by atoms with Gasteiger partial charge in [-0.3, -0.25) is 14.7 Å². The van der Waals surface area contributed by atoms with Crippen molar-refractivity contribution in [3.63, 3.8) is 0 Å². The third kappa shape index (κ3) is 3.47. The van der Waals surface area contributed by atoms with E-state index in [1.54, 1.807) is 6.07 Å². The van der Waals surface area contributed by atoms with Crippen LogP contribution in [0.2, 0.25) is 0 Å². The van der Waals surface area contributed by atoms with E-state index in [2.05, 4.69) is 4.99 Å². The molecule has 11 heteroatoms. The van der Waals surface area contributed by atoms with Crippen LogP contribution in [0.4, 0.5) is 0 Å². The van der Waals surface area contributed by atoms with Gasteiger partial charge in [0.05, 0.1) is 6.61 Å². The molecule has 1 amide bonds. The first kappa shape index (κ1) is 21.4. The van der Waals surface area contributed by atoms with Crippen LogP contribution in [0.5, 0.6) is 0 Å². The van der Waals surface area contributed by atoms with Crippen LogP contribution in [0.3, 0.4) is 0 Å². The van der Waals surface area contributed by atoms with Crippen LogP contribution < -0.4 is 34.7 Å². The summed E-state index contributed by atoms with van der Waals surface area (Å²) in [5.41, 5.74) is -1.73. The fourth-order valence-electron chi connectivity index (χ4n) is 2.82. The number of aliphatic carboxylic acids is 1. The second kappa shape index (κ2) is 8.42. The van der Waals surface area contributed by atoms with Gasteiger partial charge in [0, 0.05) is 24.2 Å². The standard InChI is InChI=1S/C15H16N2O6S2.Na/c1-23-15(16-10(19)5-9-3-2-4-24-9)13(22)17-11(12(20)21)8(6-18)7-25-14(15)17;/h2-4,14,18H,5-7H2,1H3,(H,16,19)(H,20,21);/q;+1/p-1/t14-,15+;/m1./s1. The Kier molecular flexibility index (Phi) is 6.94. The van der Waals surface area contributed by atoms with Crippen molar-refractivity contribution in [1.82, 2.24) is 4.90 Å². The topological polar surface area (TPSA) is 122 Å². The van der Waals surface area contributed by atoms with Gasteiger partial charge >= 0.3 is 35.5 Å². The second-order valence-electron chi connectivity index (χ2n) is 5.42. The van der Waals surface area contributed by atoms with Gasteiger partial charge in [0.1, 0.15) is 11.1 Å². The molecule has 3 rings (SSSR count). The summed E-state index contributed by atoms with van der Waals surface area (Å²) in [5.74, 6) is -2.31. The molecule has 1 aromatic heterocycles. The first-order chi connectivity index (χ1) is 11.9. The van der Waals surface area contributed by atoms with Crippen LogP contribution in [0.1, 0.15) is 4.88 Å². The Morgan fingerprint density at radius 3 is 2.85 bits per heavy atom. The van der Waals surface area contributed by atoms with E-state index in [0.717, 1.165) is 9.78 Å². The molecular formula is C15H15N2NaO6S2. The number of methoxy groups -OCH3 is 1. The number of aliphatic hydroxyl groups excluding tert-OH is 1. The number of rotatable bonds is 6. The zero-order valence-electron chi connectivity index (χ0n) is 14.2. The van der Waals surface area contributed by atoms with E-state index in [1.807, 2.05) is 11.4 Å². The van der Waals surface area contributed by atoms with Gasteiger partial charge in [0.25, 0.3) is 11.6 Å². The van der Waals surface area contributed by atoms with Gasteiger partial charge in [-0.15, -0.1) is 23.1 Å². The average molecular weight is 406 g/mol. The van der Waals surface area contributed by atoms with Gasteiger partial charge in [-0.2, -0.15) is 0 Å². The summed E-state index contributed by atoms with van der Waals surface area (Å²) in [6, 6.07) is 3.60. The summed E-state index contributed by atoms with van der Waals surface area (Å²) >= 11 is 2.61. The van der Waals surface area contributed by atoms with E-state index in [4.69, 9.17) is 4.74 Å². The SMILES string of the molecule is CO[C@@]1(N=C([O-])Cc2cccs2)C(=O)N2C(C(=O)O)=C(CO)CS[C@@H]21.[Na+]. The molecule has 1 saturated heterocycles. The smallest absolute Gasteiger partial charge is 0.862 e. The molecule has 0 radical (unpaired) electrons. The minimum absolute atomic E-state index is 0. The molecule has 8 nitrogen and oxygen atoms in total. The zero-order valence-corrected chi connectivity index (χ0v) is 17.8. The maximum atomic E-state index is 12.6. The monoisotopic (exact) mass is 406 g/mol. The number of hydrogen-bond donors (Lipinski definition) is 2. The molecule has 0 spiro atoms. The van der Waals surface area contributed by atoms with E-state index < -0.39 is 35.5 Å². The summed E-state index contributed by atoms with van der Waals surface area (Å²) in [5, 5.41) is 32.0. The van der Waals surface area contributed by atoms with E-state index >= 15 is 0 Å².